The van der Waals surface area contributed by atoms with Gasteiger partial charge in [-0.25, -0.2) is 14.4 Å². The quantitative estimate of drug-likeness (QED) is 0.310. The van der Waals surface area contributed by atoms with Gasteiger partial charge < -0.3 is 25.0 Å². The van der Waals surface area contributed by atoms with Crippen LogP contribution in [0.3, 0.4) is 0 Å². The number of nitrogens with zero attached hydrogens (tertiary/aromatic N) is 4. The Hall–Kier alpha value is -3.66. The number of aliphatic hydroxyl groups is 1. The number of benzene rings is 1. The third-order valence-corrected chi connectivity index (χ3v) is 5.78. The summed E-state index contributed by atoms with van der Waals surface area (Å²) in [5.41, 5.74) is 2.70. The summed E-state index contributed by atoms with van der Waals surface area (Å²) in [5.74, 6) is 1.91. The number of hydrogen-bond acceptors (Lipinski definition) is 6. The topological polar surface area (TPSA) is 114 Å². The highest BCUT2D eigenvalue weighted by molar-refractivity contribution is 5.94. The number of aryl methyl sites for hydroxylation is 1. The molecule has 1 aromatic carbocycles. The molecule has 3 aromatic rings. The molecule has 1 aliphatic heterocycles. The minimum absolute atomic E-state index is 0.0943. The Kier molecular flexibility index (Phi) is 5.59. The van der Waals surface area contributed by atoms with Crippen molar-refractivity contribution in [1.29, 1.82) is 0 Å². The summed E-state index contributed by atoms with van der Waals surface area (Å²) in [4.78, 5) is 13.5. The predicted octanol–water partition coefficient (Wildman–Crippen LogP) is 3.28. The van der Waals surface area contributed by atoms with E-state index >= 15 is 0 Å². The Labute approximate surface area is 190 Å². The second-order valence-corrected chi connectivity index (χ2v) is 8.44. The molecule has 1 saturated heterocycles. The number of aliphatic imine (C=N–C) groups is 2. The van der Waals surface area contributed by atoms with Crippen LogP contribution in [0, 0.1) is 12.7 Å². The minimum atomic E-state index is -0.427. The molecular formula is C23H26FN7O2. The molecule has 33 heavy (non-hydrogen) atoms. The molecule has 1 aliphatic carbocycles. The van der Waals surface area contributed by atoms with E-state index in [0.29, 0.717) is 41.9 Å². The third kappa shape index (κ3) is 4.61. The van der Waals surface area contributed by atoms with Gasteiger partial charge in [0.15, 0.2) is 24.1 Å². The molecule has 0 amide bonds. The maximum Gasteiger partial charge on any atom is 0.181 e. The number of β-amino-alcohol motifs (C(OH)–C–C–N with tert-alkyl or cyclic N) is 1. The largest absolute Gasteiger partial charge is 0.468 e. The Morgan fingerprint density at radius 1 is 1.39 bits per heavy atom. The van der Waals surface area contributed by atoms with E-state index in [1.165, 1.54) is 12.8 Å². The van der Waals surface area contributed by atoms with Crippen molar-refractivity contribution < 1.29 is 14.2 Å². The SMILES string of the molecule is C=N/C(=C\C(=N/COc1ccc2[nH]c(C)cc2c1F)N1CC(O)C1)Nc1cc(C2CC2)[nH]n1. The first-order valence-electron chi connectivity index (χ1n) is 10.9. The van der Waals surface area contributed by atoms with Crippen molar-refractivity contribution in [2.75, 3.05) is 25.1 Å². The van der Waals surface area contributed by atoms with Crippen molar-refractivity contribution in [1.82, 2.24) is 20.1 Å². The van der Waals surface area contributed by atoms with Crippen molar-refractivity contribution in [2.45, 2.75) is 31.8 Å². The van der Waals surface area contributed by atoms with Crippen LogP contribution in [0.25, 0.3) is 10.9 Å². The van der Waals surface area contributed by atoms with Crippen molar-refractivity contribution in [3.63, 3.8) is 0 Å². The smallest absolute Gasteiger partial charge is 0.181 e. The number of amidine groups is 1. The fourth-order valence-electron chi connectivity index (χ4n) is 3.83. The number of aliphatic hydroxyl groups excluding tert-OH is 1. The summed E-state index contributed by atoms with van der Waals surface area (Å²) in [6.45, 7) is 6.29. The van der Waals surface area contributed by atoms with Crippen LogP contribution in [-0.2, 0) is 0 Å². The van der Waals surface area contributed by atoms with Crippen LogP contribution in [0.4, 0.5) is 10.2 Å². The summed E-state index contributed by atoms with van der Waals surface area (Å²) in [6, 6.07) is 7.07. The van der Waals surface area contributed by atoms with Gasteiger partial charge >= 0.3 is 0 Å². The van der Waals surface area contributed by atoms with E-state index in [9.17, 15) is 9.50 Å². The summed E-state index contributed by atoms with van der Waals surface area (Å²) in [6.07, 6.45) is 3.65. The maximum atomic E-state index is 14.8. The number of aromatic nitrogens is 3. The van der Waals surface area contributed by atoms with Gasteiger partial charge in [-0.1, -0.05) is 0 Å². The number of likely N-dealkylation sites (tertiary alicyclic amines) is 1. The van der Waals surface area contributed by atoms with E-state index in [2.05, 4.69) is 37.2 Å². The zero-order chi connectivity index (χ0) is 22.9. The number of rotatable bonds is 8. The standard InChI is InChI=1S/C23H26FN7O2/c1-13-7-16-17(27-13)5-6-19(23(16)24)33-12-26-22(31-10-15(32)11-31)9-20(25-2)28-21-8-18(29-30-21)14-3-4-14/h5-9,14-15,27,32H,2-4,10-12H2,1H3,(H2,28,29,30)/b20-9+,26-22+. The summed E-state index contributed by atoms with van der Waals surface area (Å²) < 4.78 is 20.4. The van der Waals surface area contributed by atoms with Crippen molar-refractivity contribution >= 4 is 29.3 Å². The van der Waals surface area contributed by atoms with Crippen LogP contribution < -0.4 is 10.1 Å². The lowest BCUT2D eigenvalue weighted by Crippen LogP contribution is -2.53. The Balaban J connectivity index is 1.32. The average molecular weight is 452 g/mol. The van der Waals surface area contributed by atoms with Gasteiger partial charge in [-0.05, 0) is 44.7 Å². The van der Waals surface area contributed by atoms with E-state index in [0.717, 1.165) is 16.9 Å². The zero-order valence-corrected chi connectivity index (χ0v) is 18.3. The van der Waals surface area contributed by atoms with E-state index < -0.39 is 11.9 Å². The van der Waals surface area contributed by atoms with Crippen LogP contribution in [-0.4, -0.2) is 63.7 Å². The summed E-state index contributed by atoms with van der Waals surface area (Å²) >= 11 is 0. The lowest BCUT2D eigenvalue weighted by molar-refractivity contribution is 0.0468. The number of halogens is 1. The highest BCUT2D eigenvalue weighted by atomic mass is 19.1. The van der Waals surface area contributed by atoms with Gasteiger partial charge in [0.25, 0.3) is 0 Å². The Morgan fingerprint density at radius 3 is 2.94 bits per heavy atom. The van der Waals surface area contributed by atoms with Gasteiger partial charge in [0.05, 0.1) is 6.10 Å². The molecule has 0 bridgehead atoms. The van der Waals surface area contributed by atoms with Gasteiger partial charge in [0.2, 0.25) is 0 Å². The average Bonchev–Trinajstić information content (AvgIpc) is 3.40. The molecule has 3 heterocycles. The molecule has 172 valence electrons. The van der Waals surface area contributed by atoms with Crippen molar-refractivity contribution in [3.05, 3.63) is 53.4 Å². The molecule has 0 unspecified atom stereocenters. The second-order valence-electron chi connectivity index (χ2n) is 8.44. The molecule has 2 fully saturated rings. The van der Waals surface area contributed by atoms with Crippen LogP contribution in [0.2, 0.25) is 0 Å². The van der Waals surface area contributed by atoms with E-state index in [4.69, 9.17) is 4.74 Å². The highest BCUT2D eigenvalue weighted by Crippen LogP contribution is 2.39. The first kappa shape index (κ1) is 21.2. The van der Waals surface area contributed by atoms with Gasteiger partial charge in [0, 0.05) is 53.4 Å². The minimum Gasteiger partial charge on any atom is -0.468 e. The predicted molar refractivity (Wildman–Crippen MR) is 125 cm³/mol. The van der Waals surface area contributed by atoms with Crippen LogP contribution in [0.1, 0.15) is 30.1 Å². The first-order valence-corrected chi connectivity index (χ1v) is 10.9. The van der Waals surface area contributed by atoms with Gasteiger partial charge in [-0.3, -0.25) is 5.10 Å². The van der Waals surface area contributed by atoms with E-state index in [-0.39, 0.29) is 12.5 Å². The van der Waals surface area contributed by atoms with Crippen molar-refractivity contribution in [3.8, 4) is 5.75 Å². The number of aromatic amines is 2. The van der Waals surface area contributed by atoms with Gasteiger partial charge in [-0.2, -0.15) is 5.10 Å². The summed E-state index contributed by atoms with van der Waals surface area (Å²) in [7, 11) is 0. The lowest BCUT2D eigenvalue weighted by Gasteiger charge is -2.37. The molecule has 4 N–H and O–H groups in total. The van der Waals surface area contributed by atoms with E-state index in [1.807, 2.05) is 17.9 Å². The van der Waals surface area contributed by atoms with Crippen LogP contribution >= 0.6 is 0 Å². The molecule has 2 aromatic heterocycles. The Morgan fingerprint density at radius 2 is 2.21 bits per heavy atom. The normalized spacial score (nSPS) is 17.4. The second kappa shape index (κ2) is 8.70. The molecule has 1 saturated carbocycles. The number of nitrogens with one attached hydrogen (secondary N) is 3. The molecule has 0 radical (unpaired) electrons. The number of hydrogen-bond donors (Lipinski definition) is 4. The highest BCUT2D eigenvalue weighted by Gasteiger charge is 2.27. The van der Waals surface area contributed by atoms with Crippen LogP contribution in [0.15, 0.2) is 46.1 Å². The van der Waals surface area contributed by atoms with E-state index in [1.54, 1.807) is 24.3 Å². The van der Waals surface area contributed by atoms with Crippen LogP contribution in [0.5, 0.6) is 5.75 Å². The number of anilines is 1. The number of ether oxygens (including phenoxy) is 1. The van der Waals surface area contributed by atoms with Crippen molar-refractivity contribution in [2.24, 2.45) is 9.98 Å². The number of H-pyrrole nitrogens is 2. The monoisotopic (exact) mass is 451 g/mol. The third-order valence-electron chi connectivity index (χ3n) is 5.78. The Bertz CT molecular complexity index is 1230. The molecule has 2 aliphatic rings. The maximum absolute atomic E-state index is 14.8. The fourth-order valence-corrected chi connectivity index (χ4v) is 3.83. The lowest BCUT2D eigenvalue weighted by atomic mass is 10.1. The fraction of sp³-hybridized carbons (Fsp3) is 0.348. The van der Waals surface area contributed by atoms with Gasteiger partial charge in [-0.15, -0.1) is 0 Å². The zero-order valence-electron chi connectivity index (χ0n) is 18.3. The summed E-state index contributed by atoms with van der Waals surface area (Å²) in [5, 5.41) is 20.7. The molecule has 10 heteroatoms. The molecular weight excluding hydrogens is 425 g/mol. The molecule has 0 spiro atoms. The molecule has 0 atom stereocenters. The number of fused-ring (bicyclic) bond motifs is 1. The molecule has 5 rings (SSSR count). The first-order chi connectivity index (χ1) is 16.0. The molecule has 9 nitrogen and oxygen atoms in total. The van der Waals surface area contributed by atoms with Gasteiger partial charge in [0.1, 0.15) is 11.7 Å².